The molecule has 6 N–H and O–H groups in total. The maximum absolute atomic E-state index is 12.2. The lowest BCUT2D eigenvalue weighted by Crippen LogP contribution is -2.15. The van der Waals surface area contributed by atoms with E-state index >= 15 is 0 Å². The number of benzene rings is 2. The van der Waals surface area contributed by atoms with Crippen molar-refractivity contribution in [3.05, 3.63) is 60.3 Å². The number of nitrogens with two attached hydrogens (primary N) is 2. The van der Waals surface area contributed by atoms with E-state index in [1.807, 2.05) is 0 Å². The standard InChI is InChI=1S/C16H15N5O5S2/c17-9-11(10-20-12-1-5-14(6-2-12)27(18,23)24)16(22)21-13-3-7-15(8-4-13)28(19,25)26/h1-8,10,20H,(H,21,22)(H2,18,23,24)(H2,19,25,26)/b11-10-. The van der Waals surface area contributed by atoms with Gasteiger partial charge in [0.25, 0.3) is 5.91 Å². The third-order valence-corrected chi connectivity index (χ3v) is 5.23. The highest BCUT2D eigenvalue weighted by molar-refractivity contribution is 7.89. The summed E-state index contributed by atoms with van der Waals surface area (Å²) < 4.78 is 44.8. The molecule has 1 amide bonds. The number of nitriles is 1. The summed E-state index contributed by atoms with van der Waals surface area (Å²) in [5.41, 5.74) is 0.410. The average Bonchev–Trinajstić information content (AvgIpc) is 2.61. The molecular weight excluding hydrogens is 406 g/mol. The number of rotatable bonds is 6. The predicted octanol–water partition coefficient (Wildman–Crippen LogP) is 0.439. The van der Waals surface area contributed by atoms with Gasteiger partial charge >= 0.3 is 0 Å². The molecule has 2 rings (SSSR count). The Labute approximate surface area is 161 Å². The van der Waals surface area contributed by atoms with Crippen LogP contribution in [0.3, 0.4) is 0 Å². The minimum atomic E-state index is -3.85. The lowest BCUT2D eigenvalue weighted by atomic mass is 10.2. The molecule has 0 bridgehead atoms. The summed E-state index contributed by atoms with van der Waals surface area (Å²) in [6.45, 7) is 0. The molecular formula is C16H15N5O5S2. The van der Waals surface area contributed by atoms with Crippen LogP contribution in [0.15, 0.2) is 70.1 Å². The molecule has 0 saturated carbocycles. The zero-order valence-electron chi connectivity index (χ0n) is 14.2. The van der Waals surface area contributed by atoms with Gasteiger partial charge in [0.2, 0.25) is 20.0 Å². The van der Waals surface area contributed by atoms with E-state index in [1.54, 1.807) is 6.07 Å². The largest absolute Gasteiger partial charge is 0.360 e. The predicted molar refractivity (Wildman–Crippen MR) is 102 cm³/mol. The Morgan fingerprint density at radius 3 is 1.68 bits per heavy atom. The van der Waals surface area contributed by atoms with Crippen LogP contribution in [0.25, 0.3) is 0 Å². The SMILES string of the molecule is N#C/C(=C/Nc1ccc(S(N)(=O)=O)cc1)C(=O)Nc1ccc(S(N)(=O)=O)cc1. The molecule has 0 spiro atoms. The molecule has 0 aliphatic carbocycles. The highest BCUT2D eigenvalue weighted by Gasteiger charge is 2.12. The number of sulfonamides is 2. The van der Waals surface area contributed by atoms with Gasteiger partial charge in [-0.25, -0.2) is 27.1 Å². The van der Waals surface area contributed by atoms with Gasteiger partial charge in [0.1, 0.15) is 11.6 Å². The fourth-order valence-corrected chi connectivity index (χ4v) is 3.00. The molecule has 10 nitrogen and oxygen atoms in total. The van der Waals surface area contributed by atoms with E-state index in [9.17, 15) is 21.6 Å². The Hall–Kier alpha value is -3.24. The van der Waals surface area contributed by atoms with Gasteiger partial charge in [-0.1, -0.05) is 0 Å². The van der Waals surface area contributed by atoms with E-state index < -0.39 is 26.0 Å². The molecule has 0 heterocycles. The zero-order valence-corrected chi connectivity index (χ0v) is 15.8. The summed E-state index contributed by atoms with van der Waals surface area (Å²) in [5, 5.41) is 24.3. The van der Waals surface area contributed by atoms with E-state index in [0.717, 1.165) is 6.20 Å². The number of carbonyl (C=O) groups excluding carboxylic acids is 1. The van der Waals surface area contributed by atoms with Crippen molar-refractivity contribution in [1.29, 1.82) is 5.26 Å². The van der Waals surface area contributed by atoms with Crippen LogP contribution in [0.1, 0.15) is 0 Å². The lowest BCUT2D eigenvalue weighted by molar-refractivity contribution is -0.112. The Morgan fingerprint density at radius 1 is 0.857 bits per heavy atom. The molecule has 0 aromatic heterocycles. The van der Waals surface area contributed by atoms with Crippen LogP contribution in [0.5, 0.6) is 0 Å². The monoisotopic (exact) mass is 421 g/mol. The van der Waals surface area contributed by atoms with E-state index in [1.165, 1.54) is 48.5 Å². The van der Waals surface area contributed by atoms with Crippen molar-refractivity contribution in [2.45, 2.75) is 9.79 Å². The maximum atomic E-state index is 12.2. The number of carbonyl (C=O) groups is 1. The molecule has 0 fully saturated rings. The molecule has 2 aromatic carbocycles. The third-order valence-electron chi connectivity index (χ3n) is 3.37. The van der Waals surface area contributed by atoms with E-state index in [2.05, 4.69) is 10.6 Å². The molecule has 0 unspecified atom stereocenters. The number of nitrogens with one attached hydrogen (secondary N) is 2. The average molecular weight is 421 g/mol. The maximum Gasteiger partial charge on any atom is 0.267 e. The zero-order chi connectivity index (χ0) is 20.9. The van der Waals surface area contributed by atoms with Crippen LogP contribution in [0.4, 0.5) is 11.4 Å². The van der Waals surface area contributed by atoms with Crippen molar-refractivity contribution in [2.75, 3.05) is 10.6 Å². The second kappa shape index (κ2) is 8.19. The van der Waals surface area contributed by atoms with Crippen LogP contribution in [0, 0.1) is 11.3 Å². The van der Waals surface area contributed by atoms with Gasteiger partial charge in [-0.15, -0.1) is 0 Å². The molecule has 146 valence electrons. The van der Waals surface area contributed by atoms with Gasteiger partial charge < -0.3 is 10.6 Å². The van der Waals surface area contributed by atoms with E-state index in [0.29, 0.717) is 5.69 Å². The highest BCUT2D eigenvalue weighted by Crippen LogP contribution is 2.15. The number of nitrogens with zero attached hydrogens (tertiary/aromatic N) is 1. The first-order valence-corrected chi connectivity index (χ1v) is 10.5. The van der Waals surface area contributed by atoms with Crippen molar-refractivity contribution in [3.63, 3.8) is 0 Å². The molecule has 0 radical (unpaired) electrons. The number of hydrogen-bond donors (Lipinski definition) is 4. The third kappa shape index (κ3) is 5.63. The summed E-state index contributed by atoms with van der Waals surface area (Å²) in [7, 11) is -7.67. The molecule has 12 heteroatoms. The Bertz CT molecular complexity index is 1160. The second-order valence-electron chi connectivity index (χ2n) is 5.41. The molecule has 0 aliphatic heterocycles. The Kier molecular flexibility index (Phi) is 6.16. The van der Waals surface area contributed by atoms with Crippen LogP contribution >= 0.6 is 0 Å². The van der Waals surface area contributed by atoms with Gasteiger partial charge in [-0.05, 0) is 48.5 Å². The topological polar surface area (TPSA) is 185 Å². The van der Waals surface area contributed by atoms with E-state index in [4.69, 9.17) is 15.5 Å². The fourth-order valence-electron chi connectivity index (χ4n) is 1.97. The summed E-state index contributed by atoms with van der Waals surface area (Å²) in [6.07, 6.45) is 1.14. The normalized spacial score (nSPS) is 12.1. The summed E-state index contributed by atoms with van der Waals surface area (Å²) >= 11 is 0. The van der Waals surface area contributed by atoms with Crippen molar-refractivity contribution in [2.24, 2.45) is 10.3 Å². The van der Waals surface area contributed by atoms with Crippen molar-refractivity contribution >= 4 is 37.3 Å². The molecule has 0 saturated heterocycles. The van der Waals surface area contributed by atoms with Gasteiger partial charge in [0.15, 0.2) is 0 Å². The smallest absolute Gasteiger partial charge is 0.267 e. The minimum absolute atomic E-state index is 0.0804. The van der Waals surface area contributed by atoms with Crippen LogP contribution in [-0.2, 0) is 24.8 Å². The number of anilines is 2. The first kappa shape index (κ1) is 21.1. The van der Waals surface area contributed by atoms with Crippen LogP contribution in [-0.4, -0.2) is 22.7 Å². The van der Waals surface area contributed by atoms with Crippen molar-refractivity contribution in [3.8, 4) is 6.07 Å². The molecule has 0 atom stereocenters. The second-order valence-corrected chi connectivity index (χ2v) is 8.53. The van der Waals surface area contributed by atoms with Gasteiger partial charge in [0.05, 0.1) is 9.79 Å². The van der Waals surface area contributed by atoms with Crippen LogP contribution < -0.4 is 20.9 Å². The highest BCUT2D eigenvalue weighted by atomic mass is 32.2. The summed E-state index contributed by atoms with van der Waals surface area (Å²) in [6, 6.07) is 12.2. The molecule has 2 aromatic rings. The van der Waals surface area contributed by atoms with Gasteiger partial charge in [-0.2, -0.15) is 5.26 Å². The lowest BCUT2D eigenvalue weighted by Gasteiger charge is -2.06. The number of hydrogen-bond acceptors (Lipinski definition) is 7. The van der Waals surface area contributed by atoms with Gasteiger partial charge in [0, 0.05) is 17.6 Å². The fraction of sp³-hybridized carbons (Fsp3) is 0. The Balaban J connectivity index is 2.09. The molecule has 0 aliphatic rings. The first-order chi connectivity index (χ1) is 13.0. The van der Waals surface area contributed by atoms with Crippen molar-refractivity contribution in [1.82, 2.24) is 0 Å². The quantitative estimate of drug-likeness (QED) is 0.385. The summed E-state index contributed by atoms with van der Waals surface area (Å²) in [5.74, 6) is -0.737. The Morgan fingerprint density at radius 2 is 1.29 bits per heavy atom. The minimum Gasteiger partial charge on any atom is -0.360 e. The first-order valence-electron chi connectivity index (χ1n) is 7.44. The van der Waals surface area contributed by atoms with Gasteiger partial charge in [-0.3, -0.25) is 4.79 Å². The van der Waals surface area contributed by atoms with Crippen molar-refractivity contribution < 1.29 is 21.6 Å². The summed E-state index contributed by atoms with van der Waals surface area (Å²) in [4.78, 5) is 12.0. The van der Waals surface area contributed by atoms with Crippen LogP contribution in [0.2, 0.25) is 0 Å². The number of primary sulfonamides is 2. The number of amides is 1. The molecule has 28 heavy (non-hydrogen) atoms. The van der Waals surface area contributed by atoms with E-state index in [-0.39, 0.29) is 21.1 Å².